The van der Waals surface area contributed by atoms with Crippen LogP contribution in [-0.2, 0) is 0 Å². The van der Waals surface area contributed by atoms with Gasteiger partial charge in [0.15, 0.2) is 0 Å². The van der Waals surface area contributed by atoms with Gasteiger partial charge < -0.3 is 10.3 Å². The van der Waals surface area contributed by atoms with Crippen molar-refractivity contribution in [2.24, 2.45) is 0 Å². The predicted octanol–water partition coefficient (Wildman–Crippen LogP) is 5.50. The fraction of sp³-hybridized carbons (Fsp3) is 0. The number of hydrogen-bond acceptors (Lipinski definition) is 3. The van der Waals surface area contributed by atoms with Crippen molar-refractivity contribution in [2.75, 3.05) is 5.73 Å². The fourth-order valence-electron chi connectivity index (χ4n) is 2.04. The second-order valence-corrected chi connectivity index (χ2v) is 6.47. The van der Waals surface area contributed by atoms with Gasteiger partial charge in [-0.15, -0.1) is 0 Å². The standard InChI is InChI=1S/C15H9Cl2IN2O/c16-11-6-3-9(7-12(11)17)13-14(20-21-15(13)19)8-1-4-10(18)5-2-8/h1-7H,19H2. The van der Waals surface area contributed by atoms with E-state index in [4.69, 9.17) is 33.5 Å². The molecule has 0 aliphatic heterocycles. The minimum Gasteiger partial charge on any atom is -0.367 e. The van der Waals surface area contributed by atoms with Crippen LogP contribution in [0.1, 0.15) is 0 Å². The Morgan fingerprint density at radius 1 is 0.952 bits per heavy atom. The first kappa shape index (κ1) is 14.7. The predicted molar refractivity (Wildman–Crippen MR) is 94.5 cm³/mol. The lowest BCUT2D eigenvalue weighted by Crippen LogP contribution is -1.88. The molecule has 0 radical (unpaired) electrons. The molecule has 0 spiro atoms. The van der Waals surface area contributed by atoms with Gasteiger partial charge in [0.25, 0.3) is 0 Å². The Morgan fingerprint density at radius 2 is 1.62 bits per heavy atom. The third-order valence-electron chi connectivity index (χ3n) is 3.04. The van der Waals surface area contributed by atoms with Gasteiger partial charge >= 0.3 is 0 Å². The Balaban J connectivity index is 2.16. The van der Waals surface area contributed by atoms with E-state index in [1.807, 2.05) is 30.3 Å². The summed E-state index contributed by atoms with van der Waals surface area (Å²) in [6.45, 7) is 0. The minimum absolute atomic E-state index is 0.252. The maximum absolute atomic E-state index is 6.08. The number of hydrogen-bond donors (Lipinski definition) is 1. The van der Waals surface area contributed by atoms with Crippen molar-refractivity contribution in [1.82, 2.24) is 5.16 Å². The zero-order valence-electron chi connectivity index (χ0n) is 10.6. The number of anilines is 1. The van der Waals surface area contributed by atoms with E-state index in [0.717, 1.165) is 20.3 Å². The summed E-state index contributed by atoms with van der Waals surface area (Å²) < 4.78 is 6.30. The van der Waals surface area contributed by atoms with Gasteiger partial charge in [-0.25, -0.2) is 0 Å². The van der Waals surface area contributed by atoms with Gasteiger partial charge in [0, 0.05) is 9.13 Å². The topological polar surface area (TPSA) is 52.0 Å². The molecule has 106 valence electrons. The average Bonchev–Trinajstić information content (AvgIpc) is 2.85. The Bertz CT molecular complexity index is 800. The molecule has 0 aliphatic carbocycles. The molecule has 0 unspecified atom stereocenters. The number of nitrogen functional groups attached to an aromatic ring is 1. The molecule has 0 bridgehead atoms. The average molecular weight is 431 g/mol. The SMILES string of the molecule is Nc1onc(-c2ccc(I)cc2)c1-c1ccc(Cl)c(Cl)c1. The summed E-state index contributed by atoms with van der Waals surface area (Å²) in [5.74, 6) is 0.252. The summed E-state index contributed by atoms with van der Waals surface area (Å²) in [4.78, 5) is 0. The molecule has 2 aromatic carbocycles. The summed E-state index contributed by atoms with van der Waals surface area (Å²) in [5.41, 5.74) is 9.07. The van der Waals surface area contributed by atoms with Gasteiger partial charge in [0.2, 0.25) is 5.88 Å². The highest BCUT2D eigenvalue weighted by molar-refractivity contribution is 14.1. The van der Waals surface area contributed by atoms with Gasteiger partial charge in [-0.3, -0.25) is 0 Å². The van der Waals surface area contributed by atoms with Crippen LogP contribution in [0.5, 0.6) is 0 Å². The van der Waals surface area contributed by atoms with E-state index in [1.54, 1.807) is 12.1 Å². The summed E-state index contributed by atoms with van der Waals surface area (Å²) in [6, 6.07) is 13.3. The summed E-state index contributed by atoms with van der Waals surface area (Å²) in [7, 11) is 0. The van der Waals surface area contributed by atoms with Gasteiger partial charge in [0.05, 0.1) is 15.6 Å². The fourth-order valence-corrected chi connectivity index (χ4v) is 2.70. The van der Waals surface area contributed by atoms with Crippen LogP contribution < -0.4 is 5.73 Å². The molecule has 1 heterocycles. The maximum atomic E-state index is 6.08. The summed E-state index contributed by atoms with van der Waals surface area (Å²) in [5, 5.41) is 5.02. The Labute approximate surface area is 145 Å². The third-order valence-corrected chi connectivity index (χ3v) is 4.50. The molecule has 3 rings (SSSR count). The van der Waals surface area contributed by atoms with Crippen LogP contribution in [-0.4, -0.2) is 5.16 Å². The minimum atomic E-state index is 0.252. The number of rotatable bonds is 2. The van der Waals surface area contributed by atoms with Crippen LogP contribution in [0.25, 0.3) is 22.4 Å². The largest absolute Gasteiger partial charge is 0.367 e. The molecule has 0 aliphatic rings. The van der Waals surface area contributed by atoms with E-state index in [0.29, 0.717) is 15.7 Å². The number of halogens is 3. The molecule has 0 atom stereocenters. The van der Waals surface area contributed by atoms with Gasteiger partial charge in [-0.1, -0.05) is 46.6 Å². The molecule has 0 fully saturated rings. The van der Waals surface area contributed by atoms with Crippen molar-refractivity contribution in [3.63, 3.8) is 0 Å². The van der Waals surface area contributed by atoms with Crippen molar-refractivity contribution in [3.05, 3.63) is 56.1 Å². The lowest BCUT2D eigenvalue weighted by molar-refractivity contribution is 0.439. The van der Waals surface area contributed by atoms with Gasteiger partial charge in [0.1, 0.15) is 5.69 Å². The highest BCUT2D eigenvalue weighted by Gasteiger charge is 2.18. The second-order valence-electron chi connectivity index (χ2n) is 4.41. The first-order valence-corrected chi connectivity index (χ1v) is 7.86. The quantitative estimate of drug-likeness (QED) is 0.546. The molecule has 3 aromatic rings. The number of nitrogens with two attached hydrogens (primary N) is 1. The number of aromatic nitrogens is 1. The molecule has 2 N–H and O–H groups in total. The van der Waals surface area contributed by atoms with E-state index >= 15 is 0 Å². The monoisotopic (exact) mass is 430 g/mol. The number of benzene rings is 2. The van der Waals surface area contributed by atoms with Crippen molar-refractivity contribution in [3.8, 4) is 22.4 Å². The van der Waals surface area contributed by atoms with E-state index in [9.17, 15) is 0 Å². The zero-order valence-corrected chi connectivity index (χ0v) is 14.3. The van der Waals surface area contributed by atoms with Crippen LogP contribution in [0, 0.1) is 3.57 Å². The summed E-state index contributed by atoms with van der Waals surface area (Å²) in [6.07, 6.45) is 0. The molecule has 1 aromatic heterocycles. The molecule has 3 nitrogen and oxygen atoms in total. The Morgan fingerprint density at radius 3 is 2.29 bits per heavy atom. The first-order chi connectivity index (χ1) is 10.1. The molecule has 0 amide bonds. The highest BCUT2D eigenvalue weighted by Crippen LogP contribution is 2.38. The molecule has 0 saturated carbocycles. The zero-order chi connectivity index (χ0) is 15.0. The van der Waals surface area contributed by atoms with Crippen LogP contribution >= 0.6 is 45.8 Å². The van der Waals surface area contributed by atoms with Crippen molar-refractivity contribution in [1.29, 1.82) is 0 Å². The van der Waals surface area contributed by atoms with Crippen LogP contribution in [0.15, 0.2) is 47.0 Å². The lowest BCUT2D eigenvalue weighted by atomic mass is 10.0. The number of nitrogens with zero attached hydrogens (tertiary/aromatic N) is 1. The molecule has 6 heteroatoms. The highest BCUT2D eigenvalue weighted by atomic mass is 127. The third kappa shape index (κ3) is 2.88. The Kier molecular flexibility index (Phi) is 4.10. The van der Waals surface area contributed by atoms with Crippen molar-refractivity contribution in [2.45, 2.75) is 0 Å². The van der Waals surface area contributed by atoms with Gasteiger partial charge in [-0.05, 0) is 52.4 Å². The van der Waals surface area contributed by atoms with Crippen LogP contribution in [0.4, 0.5) is 5.88 Å². The van der Waals surface area contributed by atoms with E-state index in [-0.39, 0.29) is 5.88 Å². The lowest BCUT2D eigenvalue weighted by Gasteiger charge is -2.05. The van der Waals surface area contributed by atoms with E-state index in [2.05, 4.69) is 27.7 Å². The smallest absolute Gasteiger partial charge is 0.230 e. The van der Waals surface area contributed by atoms with Crippen molar-refractivity contribution < 1.29 is 4.52 Å². The van der Waals surface area contributed by atoms with Gasteiger partial charge in [-0.2, -0.15) is 0 Å². The first-order valence-electron chi connectivity index (χ1n) is 6.03. The molecular weight excluding hydrogens is 422 g/mol. The Hall–Kier alpha value is -1.24. The van der Waals surface area contributed by atoms with Crippen LogP contribution in [0.2, 0.25) is 10.0 Å². The molecule has 21 heavy (non-hydrogen) atoms. The van der Waals surface area contributed by atoms with Crippen LogP contribution in [0.3, 0.4) is 0 Å². The van der Waals surface area contributed by atoms with E-state index < -0.39 is 0 Å². The van der Waals surface area contributed by atoms with Crippen molar-refractivity contribution >= 4 is 51.7 Å². The second kappa shape index (κ2) is 5.87. The molecular formula is C15H9Cl2IN2O. The molecule has 0 saturated heterocycles. The maximum Gasteiger partial charge on any atom is 0.230 e. The summed E-state index contributed by atoms with van der Waals surface area (Å²) >= 11 is 14.3. The normalized spacial score (nSPS) is 10.8. The van der Waals surface area contributed by atoms with E-state index in [1.165, 1.54) is 0 Å².